The highest BCUT2D eigenvalue weighted by atomic mass is 79.9. The molecule has 0 aromatic heterocycles. The zero-order valence-electron chi connectivity index (χ0n) is 8.85. The zero-order valence-corrected chi connectivity index (χ0v) is 11.3. The van der Waals surface area contributed by atoms with Crippen molar-refractivity contribution < 1.29 is 21.6 Å². The van der Waals surface area contributed by atoms with Crippen molar-refractivity contribution in [2.24, 2.45) is 0 Å². The number of nitrogens with one attached hydrogen (secondary N) is 1. The first-order chi connectivity index (χ1) is 7.16. The molecule has 16 heavy (non-hydrogen) atoms. The molecule has 1 unspecified atom stereocenters. The summed E-state index contributed by atoms with van der Waals surface area (Å²) in [7, 11) is -3.60. The molecule has 0 spiro atoms. The molecule has 0 aliphatic rings. The zero-order chi connectivity index (χ0) is 12.8. The van der Waals surface area contributed by atoms with E-state index in [0.29, 0.717) is 11.8 Å². The number of halogens is 4. The van der Waals surface area contributed by atoms with Crippen LogP contribution in [0.1, 0.15) is 26.2 Å². The van der Waals surface area contributed by atoms with Crippen molar-refractivity contribution in [3.63, 3.8) is 0 Å². The summed E-state index contributed by atoms with van der Waals surface area (Å²) < 4.78 is 60.3. The second-order valence-electron chi connectivity index (χ2n) is 3.53. The summed E-state index contributed by atoms with van der Waals surface area (Å²) in [5, 5.41) is 0.638. The molecule has 1 N–H and O–H groups in total. The van der Waals surface area contributed by atoms with Crippen LogP contribution in [0.15, 0.2) is 0 Å². The molecule has 8 heteroatoms. The van der Waals surface area contributed by atoms with Gasteiger partial charge in [0.15, 0.2) is 0 Å². The Morgan fingerprint density at radius 3 is 2.38 bits per heavy atom. The third-order valence-electron chi connectivity index (χ3n) is 1.80. The van der Waals surface area contributed by atoms with Gasteiger partial charge >= 0.3 is 6.18 Å². The van der Waals surface area contributed by atoms with Gasteiger partial charge in [-0.25, -0.2) is 13.1 Å². The molecule has 0 amide bonds. The van der Waals surface area contributed by atoms with Gasteiger partial charge in [-0.05, 0) is 19.8 Å². The summed E-state index contributed by atoms with van der Waals surface area (Å²) in [5.41, 5.74) is 0. The van der Waals surface area contributed by atoms with Gasteiger partial charge in [0.25, 0.3) is 0 Å². The Labute approximate surface area is 102 Å². The molecule has 0 radical (unpaired) electrons. The molecule has 0 bridgehead atoms. The maximum atomic E-state index is 11.8. The fourth-order valence-corrected chi connectivity index (χ4v) is 3.11. The largest absolute Gasteiger partial charge is 0.389 e. The van der Waals surface area contributed by atoms with E-state index in [0.717, 1.165) is 0 Å². The van der Waals surface area contributed by atoms with E-state index in [9.17, 15) is 21.6 Å². The van der Waals surface area contributed by atoms with Crippen LogP contribution in [0.3, 0.4) is 0 Å². The third kappa shape index (κ3) is 9.41. The van der Waals surface area contributed by atoms with E-state index in [1.807, 2.05) is 0 Å². The van der Waals surface area contributed by atoms with Crippen LogP contribution in [0, 0.1) is 0 Å². The molecule has 0 saturated heterocycles. The van der Waals surface area contributed by atoms with Crippen LogP contribution in [0.2, 0.25) is 0 Å². The lowest BCUT2D eigenvalue weighted by molar-refractivity contribution is -0.134. The summed E-state index contributed by atoms with van der Waals surface area (Å²) in [5.74, 6) is -0.487. The van der Waals surface area contributed by atoms with Gasteiger partial charge in [0.2, 0.25) is 10.0 Å². The van der Waals surface area contributed by atoms with Crippen LogP contribution >= 0.6 is 15.9 Å². The van der Waals surface area contributed by atoms with Crippen molar-refractivity contribution in [1.82, 2.24) is 4.72 Å². The Kier molecular flexibility index (Phi) is 6.88. The topological polar surface area (TPSA) is 46.2 Å². The predicted molar refractivity (Wildman–Crippen MR) is 60.1 cm³/mol. The minimum atomic E-state index is -4.29. The molecular formula is C8H15BrF3NO2S. The Morgan fingerprint density at radius 2 is 1.94 bits per heavy atom. The van der Waals surface area contributed by atoms with Gasteiger partial charge in [0.1, 0.15) is 0 Å². The molecular weight excluding hydrogens is 311 g/mol. The Bertz CT molecular complexity index is 292. The van der Waals surface area contributed by atoms with Gasteiger partial charge < -0.3 is 0 Å². The third-order valence-corrected chi connectivity index (χ3v) is 3.84. The Balaban J connectivity index is 3.97. The lowest BCUT2D eigenvalue weighted by atomic mass is 10.3. The van der Waals surface area contributed by atoms with E-state index in [2.05, 4.69) is 20.7 Å². The molecule has 3 nitrogen and oxygen atoms in total. The molecule has 0 aliphatic heterocycles. The monoisotopic (exact) mass is 325 g/mol. The molecule has 0 fully saturated rings. The van der Waals surface area contributed by atoms with Gasteiger partial charge in [-0.2, -0.15) is 13.2 Å². The fourth-order valence-electron chi connectivity index (χ4n) is 1.05. The maximum absolute atomic E-state index is 11.8. The molecule has 98 valence electrons. The predicted octanol–water partition coefficient (Wildman–Crippen LogP) is 2.42. The van der Waals surface area contributed by atoms with Crippen molar-refractivity contribution in [3.05, 3.63) is 0 Å². The minimum Gasteiger partial charge on any atom is -0.212 e. The van der Waals surface area contributed by atoms with Crippen LogP contribution in [0.5, 0.6) is 0 Å². The van der Waals surface area contributed by atoms with Gasteiger partial charge in [0.05, 0.1) is 5.75 Å². The van der Waals surface area contributed by atoms with Gasteiger partial charge in [-0.1, -0.05) is 15.9 Å². The van der Waals surface area contributed by atoms with E-state index in [4.69, 9.17) is 0 Å². The highest BCUT2D eigenvalue weighted by molar-refractivity contribution is 9.09. The number of hydrogen-bond donors (Lipinski definition) is 1. The molecule has 0 aromatic carbocycles. The Hall–Kier alpha value is 0.180. The van der Waals surface area contributed by atoms with Crippen molar-refractivity contribution in [3.8, 4) is 0 Å². The highest BCUT2D eigenvalue weighted by Crippen LogP contribution is 2.21. The normalized spacial score (nSPS) is 15.1. The Morgan fingerprint density at radius 1 is 1.38 bits per heavy atom. The first-order valence-corrected chi connectivity index (χ1v) is 7.56. The van der Waals surface area contributed by atoms with E-state index in [1.165, 1.54) is 0 Å². The summed E-state index contributed by atoms with van der Waals surface area (Å²) in [4.78, 5) is 0. The summed E-state index contributed by atoms with van der Waals surface area (Å²) >= 11 is 3.15. The first-order valence-electron chi connectivity index (χ1n) is 4.79. The SMILES string of the molecule is CC(CCBr)NS(=O)(=O)CCCC(F)(F)F. The standard InChI is InChI=1S/C8H15BrF3NO2S/c1-7(3-5-9)13-16(14,15)6-2-4-8(10,11)12/h7,13H,2-6H2,1H3. The van der Waals surface area contributed by atoms with Gasteiger partial charge in [0, 0.05) is 17.8 Å². The van der Waals surface area contributed by atoms with Crippen molar-refractivity contribution >= 4 is 26.0 Å². The number of sulfonamides is 1. The van der Waals surface area contributed by atoms with Gasteiger partial charge in [-0.3, -0.25) is 0 Å². The van der Waals surface area contributed by atoms with Crippen LogP contribution in [-0.4, -0.2) is 31.7 Å². The smallest absolute Gasteiger partial charge is 0.212 e. The lowest BCUT2D eigenvalue weighted by Crippen LogP contribution is -2.34. The molecule has 0 aromatic rings. The molecule has 0 saturated carbocycles. The fraction of sp³-hybridized carbons (Fsp3) is 1.00. The first kappa shape index (κ1) is 16.2. The average molecular weight is 326 g/mol. The average Bonchev–Trinajstić information content (AvgIpc) is 1.99. The van der Waals surface area contributed by atoms with Crippen LogP contribution in [0.25, 0.3) is 0 Å². The van der Waals surface area contributed by atoms with E-state index >= 15 is 0 Å². The van der Waals surface area contributed by atoms with Crippen LogP contribution in [0.4, 0.5) is 13.2 Å². The van der Waals surface area contributed by atoms with Crippen LogP contribution < -0.4 is 4.72 Å². The summed E-state index contributed by atoms with van der Waals surface area (Å²) in [6.07, 6.45) is -5.17. The molecule has 1 atom stereocenters. The minimum absolute atomic E-state index is 0.268. The molecule has 0 rings (SSSR count). The maximum Gasteiger partial charge on any atom is 0.389 e. The van der Waals surface area contributed by atoms with Gasteiger partial charge in [-0.15, -0.1) is 0 Å². The quantitative estimate of drug-likeness (QED) is 0.731. The van der Waals surface area contributed by atoms with E-state index < -0.39 is 34.8 Å². The molecule has 0 heterocycles. The van der Waals surface area contributed by atoms with Crippen molar-refractivity contribution in [1.29, 1.82) is 0 Å². The highest BCUT2D eigenvalue weighted by Gasteiger charge is 2.27. The van der Waals surface area contributed by atoms with E-state index in [1.54, 1.807) is 6.92 Å². The lowest BCUT2D eigenvalue weighted by Gasteiger charge is -2.13. The second kappa shape index (κ2) is 6.80. The number of rotatable bonds is 7. The number of hydrogen-bond acceptors (Lipinski definition) is 2. The second-order valence-corrected chi connectivity index (χ2v) is 6.20. The van der Waals surface area contributed by atoms with Crippen LogP contribution in [-0.2, 0) is 10.0 Å². The number of alkyl halides is 4. The van der Waals surface area contributed by atoms with Crippen molar-refractivity contribution in [2.45, 2.75) is 38.4 Å². The summed E-state index contributed by atoms with van der Waals surface area (Å²) in [6, 6.07) is -0.268. The summed E-state index contributed by atoms with van der Waals surface area (Å²) in [6.45, 7) is 1.67. The molecule has 0 aliphatic carbocycles. The van der Waals surface area contributed by atoms with E-state index in [-0.39, 0.29) is 6.04 Å². The van der Waals surface area contributed by atoms with Crippen molar-refractivity contribution in [2.75, 3.05) is 11.1 Å².